The second-order valence-electron chi connectivity index (χ2n) is 5.15. The van der Waals surface area contributed by atoms with Crippen LogP contribution in [0, 0.1) is 5.92 Å². The summed E-state index contributed by atoms with van der Waals surface area (Å²) in [6, 6.07) is 0.129. The fourth-order valence-corrected chi connectivity index (χ4v) is 2.83. The third kappa shape index (κ3) is 3.78. The highest BCUT2D eigenvalue weighted by Crippen LogP contribution is 2.30. The predicted octanol–water partition coefficient (Wildman–Crippen LogP) is -0.0563. The molecule has 1 aromatic heterocycles. The number of aliphatic carboxylic acids is 1. The van der Waals surface area contributed by atoms with Gasteiger partial charge in [0.15, 0.2) is 0 Å². The number of aromatic nitrogens is 3. The van der Waals surface area contributed by atoms with Crippen LogP contribution in [0.2, 0.25) is 6.82 Å². The molecule has 2 atom stereocenters. The summed E-state index contributed by atoms with van der Waals surface area (Å²) >= 11 is 0. The molecule has 7 nitrogen and oxygen atoms in total. The highest BCUT2D eigenvalue weighted by Gasteiger charge is 2.33. The molecule has 0 aliphatic heterocycles. The standard InChI is InChI=1S/C11H19BN4O3/c1-12(19)16(6-11(17)18)10-3-2-9(4-10)5-15-8-13-7-14-15/h7-10,19H,2-6H2,1H3,(H,17,18)/t9-,10+/m1/s1. The van der Waals surface area contributed by atoms with E-state index < -0.39 is 13.0 Å². The Kier molecular flexibility index (Phi) is 4.54. The number of carbonyl (C=O) groups is 1. The van der Waals surface area contributed by atoms with Crippen LogP contribution >= 0.6 is 0 Å². The Morgan fingerprint density at radius 1 is 1.58 bits per heavy atom. The topological polar surface area (TPSA) is 91.5 Å². The SMILES string of the molecule is CB(O)N(CC(=O)O)[C@H]1CC[C@@H](Cn2cncn2)C1. The van der Waals surface area contributed by atoms with Crippen molar-refractivity contribution in [3.63, 3.8) is 0 Å². The summed E-state index contributed by atoms with van der Waals surface area (Å²) in [6.45, 7) is 2.31. The largest absolute Gasteiger partial charge is 0.480 e. The van der Waals surface area contributed by atoms with Gasteiger partial charge in [0.05, 0.1) is 6.54 Å². The minimum Gasteiger partial charge on any atom is -0.480 e. The molecule has 104 valence electrons. The Bertz CT molecular complexity index is 412. The van der Waals surface area contributed by atoms with Crippen LogP contribution in [0.15, 0.2) is 12.7 Å². The average molecular weight is 266 g/mol. The molecule has 8 heteroatoms. The van der Waals surface area contributed by atoms with Gasteiger partial charge in [-0.2, -0.15) is 5.10 Å². The minimum absolute atomic E-state index is 0.113. The molecule has 1 saturated carbocycles. The van der Waals surface area contributed by atoms with Crippen LogP contribution in [-0.2, 0) is 11.3 Å². The van der Waals surface area contributed by atoms with Crippen LogP contribution in [-0.4, -0.2) is 55.3 Å². The number of hydrogen-bond acceptors (Lipinski definition) is 5. The van der Waals surface area contributed by atoms with Crippen molar-refractivity contribution >= 4 is 13.0 Å². The molecule has 0 amide bonds. The maximum absolute atomic E-state index is 10.8. The molecule has 2 rings (SSSR count). The molecule has 0 spiro atoms. The maximum atomic E-state index is 10.8. The molecule has 0 radical (unpaired) electrons. The summed E-state index contributed by atoms with van der Waals surface area (Å²) in [4.78, 5) is 16.4. The zero-order valence-electron chi connectivity index (χ0n) is 11.0. The van der Waals surface area contributed by atoms with Crippen LogP contribution in [0.1, 0.15) is 19.3 Å². The first-order chi connectivity index (χ1) is 9.06. The number of nitrogens with zero attached hydrogens (tertiary/aromatic N) is 4. The van der Waals surface area contributed by atoms with Gasteiger partial charge in [-0.1, -0.05) is 0 Å². The summed E-state index contributed by atoms with van der Waals surface area (Å²) in [7, 11) is -0.730. The lowest BCUT2D eigenvalue weighted by Crippen LogP contribution is -2.46. The summed E-state index contributed by atoms with van der Waals surface area (Å²) in [6.07, 6.45) is 6.03. The lowest BCUT2D eigenvalue weighted by atomic mass is 9.82. The van der Waals surface area contributed by atoms with Crippen molar-refractivity contribution in [1.82, 2.24) is 19.6 Å². The summed E-state index contributed by atoms with van der Waals surface area (Å²) in [5, 5.41) is 22.7. The molecule has 0 aromatic carbocycles. The van der Waals surface area contributed by atoms with E-state index in [0.717, 1.165) is 25.8 Å². The van der Waals surface area contributed by atoms with Crippen molar-refractivity contribution in [3.8, 4) is 0 Å². The van der Waals surface area contributed by atoms with Crippen molar-refractivity contribution in [2.45, 2.75) is 38.7 Å². The van der Waals surface area contributed by atoms with E-state index in [2.05, 4.69) is 10.1 Å². The zero-order chi connectivity index (χ0) is 13.8. The van der Waals surface area contributed by atoms with E-state index in [0.29, 0.717) is 5.92 Å². The Hall–Kier alpha value is -1.41. The third-order valence-corrected chi connectivity index (χ3v) is 3.69. The second-order valence-corrected chi connectivity index (χ2v) is 5.15. The van der Waals surface area contributed by atoms with Gasteiger partial charge in [-0.15, -0.1) is 0 Å². The summed E-state index contributed by atoms with van der Waals surface area (Å²) in [5.41, 5.74) is 0. The number of rotatable bonds is 6. The van der Waals surface area contributed by atoms with Crippen molar-refractivity contribution in [3.05, 3.63) is 12.7 Å². The lowest BCUT2D eigenvalue weighted by molar-refractivity contribution is -0.137. The van der Waals surface area contributed by atoms with Gasteiger partial charge in [0.25, 0.3) is 0 Å². The highest BCUT2D eigenvalue weighted by molar-refractivity contribution is 6.45. The molecule has 0 saturated heterocycles. The Morgan fingerprint density at radius 2 is 2.37 bits per heavy atom. The first-order valence-electron chi connectivity index (χ1n) is 6.54. The van der Waals surface area contributed by atoms with Crippen LogP contribution in [0.5, 0.6) is 0 Å². The first-order valence-corrected chi connectivity index (χ1v) is 6.54. The van der Waals surface area contributed by atoms with E-state index >= 15 is 0 Å². The molecule has 1 heterocycles. The van der Waals surface area contributed by atoms with E-state index in [4.69, 9.17) is 5.11 Å². The molecular formula is C11H19BN4O3. The van der Waals surface area contributed by atoms with E-state index in [9.17, 15) is 9.82 Å². The predicted molar refractivity (Wildman–Crippen MR) is 69.3 cm³/mol. The van der Waals surface area contributed by atoms with Crippen LogP contribution in [0.4, 0.5) is 0 Å². The third-order valence-electron chi connectivity index (χ3n) is 3.69. The molecular weight excluding hydrogens is 247 g/mol. The minimum atomic E-state index is -0.902. The zero-order valence-corrected chi connectivity index (χ0v) is 11.0. The molecule has 2 N–H and O–H groups in total. The van der Waals surface area contributed by atoms with Crippen LogP contribution in [0.25, 0.3) is 0 Å². The van der Waals surface area contributed by atoms with Crippen molar-refractivity contribution < 1.29 is 14.9 Å². The summed E-state index contributed by atoms with van der Waals surface area (Å²) in [5.74, 6) is -0.442. The van der Waals surface area contributed by atoms with Gasteiger partial charge in [-0.05, 0) is 32.0 Å². The normalized spacial score (nSPS) is 22.9. The molecule has 1 fully saturated rings. The first kappa shape index (κ1) is 14.0. The Labute approximate surface area is 112 Å². The van der Waals surface area contributed by atoms with Gasteiger partial charge < -0.3 is 14.9 Å². The fraction of sp³-hybridized carbons (Fsp3) is 0.727. The monoisotopic (exact) mass is 266 g/mol. The maximum Gasteiger partial charge on any atom is 0.377 e. The number of carboxylic acids is 1. The summed E-state index contributed by atoms with van der Waals surface area (Å²) < 4.78 is 1.80. The van der Waals surface area contributed by atoms with Gasteiger partial charge in [0.2, 0.25) is 0 Å². The van der Waals surface area contributed by atoms with Gasteiger partial charge >= 0.3 is 13.0 Å². The molecule has 1 aliphatic carbocycles. The molecule has 0 unspecified atom stereocenters. The molecule has 1 aliphatic rings. The number of carboxylic acid groups (broad SMARTS) is 1. The smallest absolute Gasteiger partial charge is 0.377 e. The van der Waals surface area contributed by atoms with E-state index in [1.54, 1.807) is 22.6 Å². The fourth-order valence-electron chi connectivity index (χ4n) is 2.83. The highest BCUT2D eigenvalue weighted by atomic mass is 16.4. The van der Waals surface area contributed by atoms with Crippen molar-refractivity contribution in [2.75, 3.05) is 6.54 Å². The van der Waals surface area contributed by atoms with Crippen molar-refractivity contribution in [2.24, 2.45) is 5.92 Å². The van der Waals surface area contributed by atoms with E-state index in [1.807, 2.05) is 0 Å². The molecule has 19 heavy (non-hydrogen) atoms. The van der Waals surface area contributed by atoms with Gasteiger partial charge in [0, 0.05) is 12.6 Å². The Morgan fingerprint density at radius 3 is 2.95 bits per heavy atom. The van der Waals surface area contributed by atoms with Crippen molar-refractivity contribution in [1.29, 1.82) is 0 Å². The number of hydrogen-bond donors (Lipinski definition) is 2. The molecule has 1 aromatic rings. The Balaban J connectivity index is 1.90. The quantitative estimate of drug-likeness (QED) is 0.701. The lowest BCUT2D eigenvalue weighted by Gasteiger charge is -2.28. The molecule has 0 bridgehead atoms. The van der Waals surface area contributed by atoms with Crippen LogP contribution < -0.4 is 0 Å². The average Bonchev–Trinajstić information content (AvgIpc) is 2.97. The van der Waals surface area contributed by atoms with Gasteiger partial charge in [-0.25, -0.2) is 4.98 Å². The second kappa shape index (κ2) is 6.16. The van der Waals surface area contributed by atoms with E-state index in [1.165, 1.54) is 6.33 Å². The van der Waals surface area contributed by atoms with E-state index in [-0.39, 0.29) is 12.6 Å². The van der Waals surface area contributed by atoms with Gasteiger partial charge in [0.1, 0.15) is 12.7 Å². The van der Waals surface area contributed by atoms with Crippen LogP contribution in [0.3, 0.4) is 0 Å². The van der Waals surface area contributed by atoms with Gasteiger partial charge in [-0.3, -0.25) is 9.48 Å².